The largest absolute Gasteiger partial charge is 0.494 e. The van der Waals surface area contributed by atoms with Crippen molar-refractivity contribution in [1.82, 2.24) is 14.5 Å². The third-order valence-corrected chi connectivity index (χ3v) is 6.04. The number of aromatic nitrogens is 3. The Labute approximate surface area is 186 Å². The molecule has 0 saturated heterocycles. The van der Waals surface area contributed by atoms with Gasteiger partial charge in [0.15, 0.2) is 5.13 Å². The van der Waals surface area contributed by atoms with Gasteiger partial charge in [-0.1, -0.05) is 36.8 Å². The van der Waals surface area contributed by atoms with Crippen LogP contribution in [0.4, 0.5) is 5.13 Å². The number of para-hydroxylation sites is 1. The number of benzene rings is 2. The summed E-state index contributed by atoms with van der Waals surface area (Å²) in [7, 11) is 0. The number of unbranched alkanes of at least 4 members (excludes halogenated alkanes) is 1. The van der Waals surface area contributed by atoms with E-state index in [2.05, 4.69) is 11.9 Å². The van der Waals surface area contributed by atoms with Gasteiger partial charge in [-0.25, -0.2) is 9.97 Å². The zero-order valence-corrected chi connectivity index (χ0v) is 18.4. The van der Waals surface area contributed by atoms with Crippen molar-refractivity contribution in [2.24, 2.45) is 0 Å². The van der Waals surface area contributed by atoms with Crippen molar-refractivity contribution in [1.29, 1.82) is 0 Å². The minimum Gasteiger partial charge on any atom is -0.494 e. The van der Waals surface area contributed by atoms with Crippen LogP contribution in [0.2, 0.25) is 0 Å². The van der Waals surface area contributed by atoms with Crippen molar-refractivity contribution in [2.45, 2.75) is 32.7 Å². The summed E-state index contributed by atoms with van der Waals surface area (Å²) in [6.45, 7) is 4.19. The molecule has 0 saturated carbocycles. The van der Waals surface area contributed by atoms with Crippen molar-refractivity contribution in [3.8, 4) is 5.75 Å². The number of rotatable bonds is 10. The number of hydrogen-bond acceptors (Lipinski definition) is 5. The molecule has 160 valence electrons. The first kappa shape index (κ1) is 21.1. The van der Waals surface area contributed by atoms with Gasteiger partial charge in [0.05, 0.1) is 23.2 Å². The Hall–Kier alpha value is -3.19. The maximum absolute atomic E-state index is 13.4. The van der Waals surface area contributed by atoms with E-state index in [1.807, 2.05) is 59.3 Å². The first-order chi connectivity index (χ1) is 15.2. The molecule has 0 aliphatic rings. The van der Waals surface area contributed by atoms with Crippen molar-refractivity contribution in [3.63, 3.8) is 0 Å². The van der Waals surface area contributed by atoms with E-state index in [-0.39, 0.29) is 5.91 Å². The Morgan fingerprint density at radius 3 is 2.71 bits per heavy atom. The molecular formula is C24H26N4O2S. The molecule has 4 rings (SSSR count). The third-order valence-electron chi connectivity index (χ3n) is 4.98. The van der Waals surface area contributed by atoms with E-state index >= 15 is 0 Å². The number of carbonyl (C=O) groups excluding carboxylic acids is 1. The average Bonchev–Trinajstić information content (AvgIpc) is 3.46. The highest BCUT2D eigenvalue weighted by molar-refractivity contribution is 7.22. The van der Waals surface area contributed by atoms with Crippen LogP contribution in [0.3, 0.4) is 0 Å². The Morgan fingerprint density at radius 2 is 1.97 bits per heavy atom. The Morgan fingerprint density at radius 1 is 1.13 bits per heavy atom. The molecule has 0 aliphatic carbocycles. The van der Waals surface area contributed by atoms with Crippen LogP contribution in [0.5, 0.6) is 5.75 Å². The first-order valence-corrected chi connectivity index (χ1v) is 11.4. The topological polar surface area (TPSA) is 60.2 Å². The number of imidazole rings is 1. The molecule has 7 heteroatoms. The van der Waals surface area contributed by atoms with Gasteiger partial charge in [-0.3, -0.25) is 9.69 Å². The van der Waals surface area contributed by atoms with Gasteiger partial charge in [0.2, 0.25) is 0 Å². The maximum atomic E-state index is 13.4. The summed E-state index contributed by atoms with van der Waals surface area (Å²) in [5.41, 5.74) is 1.54. The molecule has 1 amide bonds. The van der Waals surface area contributed by atoms with E-state index in [0.29, 0.717) is 18.7 Å². The second-order valence-electron chi connectivity index (χ2n) is 7.30. The molecule has 0 spiro atoms. The molecule has 0 bridgehead atoms. The van der Waals surface area contributed by atoms with E-state index in [0.717, 1.165) is 46.9 Å². The summed E-state index contributed by atoms with van der Waals surface area (Å²) in [5, 5.41) is 0.722. The lowest BCUT2D eigenvalue weighted by atomic mass is 10.2. The van der Waals surface area contributed by atoms with Crippen LogP contribution in [0.15, 0.2) is 67.3 Å². The molecule has 0 atom stereocenters. The Bertz CT molecular complexity index is 1070. The molecule has 2 aromatic carbocycles. The zero-order chi connectivity index (χ0) is 21.5. The number of nitrogens with zero attached hydrogens (tertiary/aromatic N) is 4. The lowest BCUT2D eigenvalue weighted by molar-refractivity contribution is 0.0986. The fourth-order valence-electron chi connectivity index (χ4n) is 3.27. The van der Waals surface area contributed by atoms with Crippen molar-refractivity contribution < 1.29 is 9.53 Å². The lowest BCUT2D eigenvalue weighted by Gasteiger charge is -2.20. The highest BCUT2D eigenvalue weighted by Gasteiger charge is 2.21. The number of hydrogen-bond donors (Lipinski definition) is 0. The minimum absolute atomic E-state index is 0.0511. The molecule has 6 nitrogen and oxygen atoms in total. The van der Waals surface area contributed by atoms with E-state index < -0.39 is 0 Å². The summed E-state index contributed by atoms with van der Waals surface area (Å²) in [6.07, 6.45) is 8.40. The number of ether oxygens (including phenoxy) is 1. The Balaban J connectivity index is 1.52. The van der Waals surface area contributed by atoms with E-state index in [1.54, 1.807) is 28.8 Å². The van der Waals surface area contributed by atoms with Crippen LogP contribution in [-0.2, 0) is 6.54 Å². The van der Waals surface area contributed by atoms with Crippen LogP contribution in [0, 0.1) is 0 Å². The quantitative estimate of drug-likeness (QED) is 0.313. The van der Waals surface area contributed by atoms with Gasteiger partial charge >= 0.3 is 0 Å². The van der Waals surface area contributed by atoms with Crippen molar-refractivity contribution in [3.05, 3.63) is 72.8 Å². The van der Waals surface area contributed by atoms with Gasteiger partial charge in [-0.15, -0.1) is 0 Å². The van der Waals surface area contributed by atoms with Crippen LogP contribution in [0.1, 0.15) is 36.5 Å². The highest BCUT2D eigenvalue weighted by Crippen LogP contribution is 2.30. The smallest absolute Gasteiger partial charge is 0.260 e. The molecule has 0 aliphatic heterocycles. The molecule has 2 aromatic heterocycles. The predicted octanol–water partition coefficient (Wildman–Crippen LogP) is 5.41. The number of amides is 1. The summed E-state index contributed by atoms with van der Waals surface area (Å²) in [5.74, 6) is 0.737. The number of fused-ring (bicyclic) bond motifs is 1. The first-order valence-electron chi connectivity index (χ1n) is 10.6. The summed E-state index contributed by atoms with van der Waals surface area (Å²) in [4.78, 5) is 24.0. The maximum Gasteiger partial charge on any atom is 0.260 e. The minimum atomic E-state index is -0.0511. The molecule has 4 aromatic rings. The lowest BCUT2D eigenvalue weighted by Crippen LogP contribution is -2.32. The normalized spacial score (nSPS) is 11.0. The highest BCUT2D eigenvalue weighted by atomic mass is 32.1. The number of anilines is 1. The zero-order valence-electron chi connectivity index (χ0n) is 17.6. The van der Waals surface area contributed by atoms with Gasteiger partial charge in [0.25, 0.3) is 5.91 Å². The standard InChI is InChI=1S/C24H26N4O2S/c1-2-3-17-30-20-11-9-19(10-12-20)23(29)28(15-6-14-27-16-13-25-18-27)24-26-21-7-4-5-8-22(21)31-24/h4-5,7-13,16,18H,2-3,6,14-15,17H2,1H3. The third kappa shape index (κ3) is 5.30. The summed E-state index contributed by atoms with van der Waals surface area (Å²) in [6, 6.07) is 15.4. The molecule has 0 fully saturated rings. The van der Waals surface area contributed by atoms with Crippen molar-refractivity contribution in [2.75, 3.05) is 18.1 Å². The summed E-state index contributed by atoms with van der Waals surface area (Å²) < 4.78 is 8.82. The van der Waals surface area contributed by atoms with E-state index in [1.165, 1.54) is 0 Å². The second-order valence-corrected chi connectivity index (χ2v) is 8.31. The molecule has 0 N–H and O–H groups in total. The molecule has 0 radical (unpaired) electrons. The fourth-order valence-corrected chi connectivity index (χ4v) is 4.26. The average molecular weight is 435 g/mol. The molecular weight excluding hydrogens is 408 g/mol. The van der Waals surface area contributed by atoms with Gasteiger partial charge in [0.1, 0.15) is 5.75 Å². The molecule has 0 unspecified atom stereocenters. The van der Waals surface area contributed by atoms with Crippen LogP contribution >= 0.6 is 11.3 Å². The van der Waals surface area contributed by atoms with Crippen molar-refractivity contribution >= 4 is 32.6 Å². The Kier molecular flexibility index (Phi) is 6.94. The van der Waals surface area contributed by atoms with E-state index in [4.69, 9.17) is 9.72 Å². The predicted molar refractivity (Wildman–Crippen MR) is 125 cm³/mol. The van der Waals surface area contributed by atoms with Crippen LogP contribution < -0.4 is 9.64 Å². The van der Waals surface area contributed by atoms with Crippen LogP contribution in [0.25, 0.3) is 10.2 Å². The monoisotopic (exact) mass is 434 g/mol. The number of aryl methyl sites for hydroxylation is 1. The van der Waals surface area contributed by atoms with Gasteiger partial charge in [-0.05, 0) is 49.2 Å². The van der Waals surface area contributed by atoms with Gasteiger partial charge in [-0.2, -0.15) is 0 Å². The fraction of sp³-hybridized carbons (Fsp3) is 0.292. The van der Waals surface area contributed by atoms with Crippen LogP contribution in [-0.4, -0.2) is 33.6 Å². The number of thiazole rings is 1. The second kappa shape index (κ2) is 10.2. The van der Waals surface area contributed by atoms with Gasteiger partial charge < -0.3 is 9.30 Å². The van der Waals surface area contributed by atoms with E-state index in [9.17, 15) is 4.79 Å². The SMILES string of the molecule is CCCCOc1ccc(C(=O)N(CCCn2ccnc2)c2nc3ccccc3s2)cc1. The number of carbonyl (C=O) groups is 1. The molecule has 31 heavy (non-hydrogen) atoms. The summed E-state index contributed by atoms with van der Waals surface area (Å²) >= 11 is 1.54. The molecule has 2 heterocycles. The van der Waals surface area contributed by atoms with Gasteiger partial charge in [0, 0.05) is 31.0 Å².